The van der Waals surface area contributed by atoms with Crippen LogP contribution in [0.4, 0.5) is 0 Å². The van der Waals surface area contributed by atoms with Gasteiger partial charge in [0, 0.05) is 30.5 Å². The van der Waals surface area contributed by atoms with Crippen LogP contribution in [-0.4, -0.2) is 73.4 Å². The first-order valence-corrected chi connectivity index (χ1v) is 17.3. The molecular formula is C34H43N3O8S. The van der Waals surface area contributed by atoms with Gasteiger partial charge in [-0.2, -0.15) is 0 Å². The Morgan fingerprint density at radius 3 is 2.52 bits per heavy atom. The molecule has 3 aliphatic rings. The second kappa shape index (κ2) is 12.8. The molecule has 0 spiro atoms. The molecular weight excluding hydrogens is 610 g/mol. The molecule has 5 rings (SSSR count). The standard InChI is InChI=1S/C34H43N3O8S/c1-6-22-17-34(22,32(41)36-46(42,43)23-11-12-23)18-28(38)27-15-21(20-45-29-13-14-35-26-10-8-7-9-24(26)29)19-37(27)31(40)25(33(2,3)4)16-30(39)44-5/h6-10,13-14,21-23,25,27H,1,11-12,15-20H2,2-5H3,(H,36,41)/t21-,22?,25-,27+,34-/m1/s1. The van der Waals surface area contributed by atoms with E-state index in [-0.39, 0.29) is 49.5 Å². The lowest BCUT2D eigenvalue weighted by atomic mass is 9.77. The Bertz CT molecular complexity index is 1640. The summed E-state index contributed by atoms with van der Waals surface area (Å²) < 4.78 is 38.5. The number of fused-ring (bicyclic) bond motifs is 1. The predicted molar refractivity (Wildman–Crippen MR) is 171 cm³/mol. The number of esters is 1. The van der Waals surface area contributed by atoms with Crippen molar-refractivity contribution in [2.24, 2.45) is 28.6 Å². The summed E-state index contributed by atoms with van der Waals surface area (Å²) in [7, 11) is -2.55. The van der Waals surface area contributed by atoms with Gasteiger partial charge in [0.25, 0.3) is 0 Å². The number of amides is 2. The van der Waals surface area contributed by atoms with Crippen LogP contribution in [0.15, 0.2) is 49.2 Å². The maximum absolute atomic E-state index is 14.2. The zero-order chi connectivity index (χ0) is 33.4. The first-order valence-electron chi connectivity index (χ1n) is 15.8. The van der Waals surface area contributed by atoms with Gasteiger partial charge in [0.15, 0.2) is 5.78 Å². The van der Waals surface area contributed by atoms with E-state index in [1.165, 1.54) is 12.0 Å². The minimum atomic E-state index is -3.81. The predicted octanol–water partition coefficient (Wildman–Crippen LogP) is 3.82. The van der Waals surface area contributed by atoms with E-state index in [1.54, 1.807) is 18.3 Å². The number of nitrogens with one attached hydrogen (secondary N) is 1. The van der Waals surface area contributed by atoms with Gasteiger partial charge in [-0.1, -0.05) is 39.0 Å². The highest BCUT2D eigenvalue weighted by Crippen LogP contribution is 2.57. The summed E-state index contributed by atoms with van der Waals surface area (Å²) in [6.45, 7) is 9.81. The van der Waals surface area contributed by atoms with E-state index in [0.29, 0.717) is 31.4 Å². The minimum Gasteiger partial charge on any atom is -0.492 e. The topological polar surface area (TPSA) is 149 Å². The number of aromatic nitrogens is 1. The van der Waals surface area contributed by atoms with Crippen molar-refractivity contribution >= 4 is 44.5 Å². The third-order valence-electron chi connectivity index (χ3n) is 9.63. The molecule has 2 amide bonds. The lowest BCUT2D eigenvalue weighted by molar-refractivity contribution is -0.151. The molecule has 1 saturated heterocycles. The average Bonchev–Trinajstić information content (AvgIpc) is 3.94. The first kappa shape index (κ1) is 33.6. The molecule has 1 unspecified atom stereocenters. The Kier molecular flexibility index (Phi) is 9.32. The number of ether oxygens (including phenoxy) is 2. The van der Waals surface area contributed by atoms with Gasteiger partial charge in [-0.3, -0.25) is 28.9 Å². The fraction of sp³-hybridized carbons (Fsp3) is 0.559. The molecule has 3 fully saturated rings. The summed E-state index contributed by atoms with van der Waals surface area (Å²) in [5.74, 6) is -2.62. The van der Waals surface area contributed by atoms with Crippen LogP contribution in [0, 0.1) is 28.6 Å². The molecule has 1 N–H and O–H groups in total. The van der Waals surface area contributed by atoms with Crippen LogP contribution in [0.2, 0.25) is 0 Å². The number of likely N-dealkylation sites (tertiary alicyclic amines) is 1. The fourth-order valence-electron chi connectivity index (χ4n) is 6.52. The molecule has 12 heteroatoms. The molecule has 1 aliphatic heterocycles. The number of nitrogens with zero attached hydrogens (tertiary/aromatic N) is 2. The second-order valence-corrected chi connectivity index (χ2v) is 15.9. The van der Waals surface area contributed by atoms with Crippen LogP contribution >= 0.6 is 0 Å². The molecule has 1 aromatic carbocycles. The number of sulfonamides is 1. The minimum absolute atomic E-state index is 0.148. The van der Waals surface area contributed by atoms with Crippen molar-refractivity contribution in [1.29, 1.82) is 0 Å². The van der Waals surface area contributed by atoms with Gasteiger partial charge in [0.05, 0.1) is 48.3 Å². The zero-order valence-electron chi connectivity index (χ0n) is 26.9. The quantitative estimate of drug-likeness (QED) is 0.252. The molecule has 0 radical (unpaired) electrons. The van der Waals surface area contributed by atoms with Crippen molar-refractivity contribution in [3.8, 4) is 5.75 Å². The Morgan fingerprint density at radius 1 is 1.17 bits per heavy atom. The van der Waals surface area contributed by atoms with Gasteiger partial charge in [0.2, 0.25) is 21.8 Å². The van der Waals surface area contributed by atoms with Gasteiger partial charge in [-0.15, -0.1) is 6.58 Å². The SMILES string of the molecule is C=CC1C[C@]1(CC(=O)[C@@H]1C[C@@H](COc2ccnc3ccccc23)CN1C(=O)[C@@H](CC(=O)OC)C(C)(C)C)C(=O)NS(=O)(=O)C1CC1. The van der Waals surface area contributed by atoms with E-state index >= 15 is 0 Å². The molecule has 5 atom stereocenters. The lowest BCUT2D eigenvalue weighted by Crippen LogP contribution is -2.48. The number of hydrogen-bond donors (Lipinski definition) is 1. The van der Waals surface area contributed by atoms with Crippen molar-refractivity contribution in [1.82, 2.24) is 14.6 Å². The van der Waals surface area contributed by atoms with Crippen LogP contribution in [0.25, 0.3) is 10.9 Å². The van der Waals surface area contributed by atoms with E-state index < -0.39 is 49.9 Å². The van der Waals surface area contributed by atoms with Gasteiger partial charge >= 0.3 is 5.97 Å². The maximum atomic E-state index is 14.2. The Morgan fingerprint density at radius 2 is 1.89 bits per heavy atom. The smallest absolute Gasteiger partial charge is 0.306 e. The van der Waals surface area contributed by atoms with Crippen LogP contribution in [0.3, 0.4) is 0 Å². The maximum Gasteiger partial charge on any atom is 0.306 e. The number of rotatable bonds is 13. The Hall–Kier alpha value is -3.80. The molecule has 2 heterocycles. The first-order chi connectivity index (χ1) is 21.7. The van der Waals surface area contributed by atoms with Gasteiger partial charge in [-0.05, 0) is 55.2 Å². The number of Topliss-reactive ketones (excluding diaryl/α,β-unsaturated/α-hetero) is 1. The summed E-state index contributed by atoms with van der Waals surface area (Å²) >= 11 is 0. The third-order valence-corrected chi connectivity index (χ3v) is 11.4. The number of hydrogen-bond acceptors (Lipinski definition) is 9. The molecule has 2 aliphatic carbocycles. The Labute approximate surface area is 270 Å². The number of carbonyl (C=O) groups excluding carboxylic acids is 4. The lowest BCUT2D eigenvalue weighted by Gasteiger charge is -2.35. The van der Waals surface area contributed by atoms with Gasteiger partial charge in [-0.25, -0.2) is 8.42 Å². The molecule has 1 aromatic heterocycles. The highest BCUT2D eigenvalue weighted by molar-refractivity contribution is 7.90. The summed E-state index contributed by atoms with van der Waals surface area (Å²) in [5, 5.41) is 0.253. The number of carbonyl (C=O) groups is 4. The molecule has 11 nitrogen and oxygen atoms in total. The van der Waals surface area contributed by atoms with Crippen LogP contribution in [0.5, 0.6) is 5.75 Å². The summed E-state index contributed by atoms with van der Waals surface area (Å²) in [6, 6.07) is 8.47. The number of allylic oxidation sites excluding steroid dienone is 1. The van der Waals surface area contributed by atoms with E-state index in [9.17, 15) is 27.6 Å². The van der Waals surface area contributed by atoms with Crippen molar-refractivity contribution in [2.45, 2.75) is 70.6 Å². The normalized spacial score (nSPS) is 25.0. The van der Waals surface area contributed by atoms with Crippen molar-refractivity contribution < 1.29 is 37.1 Å². The third kappa shape index (κ3) is 6.96. The number of para-hydroxylation sites is 1. The molecule has 46 heavy (non-hydrogen) atoms. The van der Waals surface area contributed by atoms with Gasteiger partial charge in [0.1, 0.15) is 5.75 Å². The van der Waals surface area contributed by atoms with Crippen LogP contribution in [-0.2, 0) is 33.9 Å². The van der Waals surface area contributed by atoms with E-state index in [4.69, 9.17) is 9.47 Å². The molecule has 248 valence electrons. The Balaban J connectivity index is 1.39. The zero-order valence-corrected chi connectivity index (χ0v) is 27.7. The van der Waals surface area contributed by atoms with Gasteiger partial charge < -0.3 is 14.4 Å². The molecule has 2 aromatic rings. The number of benzene rings is 1. The average molecular weight is 654 g/mol. The summed E-state index contributed by atoms with van der Waals surface area (Å²) in [5.41, 5.74) is -1.08. The fourth-order valence-corrected chi connectivity index (χ4v) is 7.90. The summed E-state index contributed by atoms with van der Waals surface area (Å²) in [6.07, 6.45) is 4.44. The van der Waals surface area contributed by atoms with Crippen molar-refractivity contribution in [3.05, 3.63) is 49.2 Å². The van der Waals surface area contributed by atoms with Crippen LogP contribution in [0.1, 0.15) is 59.3 Å². The van der Waals surface area contributed by atoms with E-state index in [1.807, 2.05) is 45.0 Å². The van der Waals surface area contributed by atoms with Crippen molar-refractivity contribution in [3.63, 3.8) is 0 Å². The largest absolute Gasteiger partial charge is 0.492 e. The van der Waals surface area contributed by atoms with Crippen molar-refractivity contribution in [2.75, 3.05) is 20.3 Å². The monoisotopic (exact) mass is 653 g/mol. The number of methoxy groups -OCH3 is 1. The highest BCUT2D eigenvalue weighted by Gasteiger charge is 2.61. The van der Waals surface area contributed by atoms with E-state index in [2.05, 4.69) is 16.3 Å². The van der Waals surface area contributed by atoms with Crippen LogP contribution < -0.4 is 9.46 Å². The summed E-state index contributed by atoms with van der Waals surface area (Å²) in [4.78, 5) is 60.0. The molecule has 0 bridgehead atoms. The second-order valence-electron chi connectivity index (χ2n) is 14.0. The number of pyridine rings is 1. The highest BCUT2D eigenvalue weighted by atomic mass is 32.2. The van der Waals surface area contributed by atoms with E-state index in [0.717, 1.165) is 10.9 Å². The number of ketones is 1. The molecule has 2 saturated carbocycles.